The number of aryl methyl sites for hydroxylation is 1. The first kappa shape index (κ1) is 12.6. The minimum atomic E-state index is 0.694. The van der Waals surface area contributed by atoms with E-state index in [9.17, 15) is 0 Å². The summed E-state index contributed by atoms with van der Waals surface area (Å²) in [6, 6.07) is 0. The van der Waals surface area contributed by atoms with Gasteiger partial charge in [-0.3, -0.25) is 5.10 Å². The highest BCUT2D eigenvalue weighted by molar-refractivity contribution is 4.91. The number of hydrogen-bond donors (Lipinski definition) is 1. The van der Waals surface area contributed by atoms with Crippen molar-refractivity contribution in [2.45, 2.75) is 51.4 Å². The summed E-state index contributed by atoms with van der Waals surface area (Å²) in [7, 11) is 1.71. The lowest BCUT2D eigenvalue weighted by atomic mass is 9.86. The number of rotatable bonds is 6. The fraction of sp³-hybridized carbons (Fsp3) is 0.846. The molecule has 1 saturated carbocycles. The molecular weight excluding hydrogens is 214 g/mol. The number of ether oxygens (including phenoxy) is 1. The summed E-state index contributed by atoms with van der Waals surface area (Å²) in [5.41, 5.74) is 0. The Bertz CT molecular complexity index is 318. The van der Waals surface area contributed by atoms with Gasteiger partial charge in [0.2, 0.25) is 0 Å². The van der Waals surface area contributed by atoms with Gasteiger partial charge in [-0.1, -0.05) is 32.1 Å². The predicted octanol–water partition coefficient (Wildman–Crippen LogP) is 2.51. The van der Waals surface area contributed by atoms with Gasteiger partial charge in [0.05, 0.1) is 6.61 Å². The van der Waals surface area contributed by atoms with Gasteiger partial charge in [0.15, 0.2) is 5.82 Å². The number of aromatic nitrogens is 3. The van der Waals surface area contributed by atoms with E-state index in [2.05, 4.69) is 15.2 Å². The van der Waals surface area contributed by atoms with Crippen molar-refractivity contribution in [2.75, 3.05) is 13.7 Å². The van der Waals surface area contributed by atoms with Crippen molar-refractivity contribution in [3.63, 3.8) is 0 Å². The Morgan fingerprint density at radius 3 is 2.82 bits per heavy atom. The lowest BCUT2D eigenvalue weighted by molar-refractivity contribution is 0.200. The van der Waals surface area contributed by atoms with Crippen molar-refractivity contribution in [3.05, 3.63) is 11.6 Å². The maximum atomic E-state index is 5.02. The third-order valence-electron chi connectivity index (χ3n) is 3.62. The smallest absolute Gasteiger partial charge is 0.152 e. The zero-order valence-electron chi connectivity index (χ0n) is 10.7. The van der Waals surface area contributed by atoms with Crippen LogP contribution in [0.25, 0.3) is 0 Å². The van der Waals surface area contributed by atoms with Crippen molar-refractivity contribution in [1.29, 1.82) is 0 Å². The lowest BCUT2D eigenvalue weighted by Crippen LogP contribution is -2.07. The van der Waals surface area contributed by atoms with Crippen LogP contribution < -0.4 is 0 Å². The van der Waals surface area contributed by atoms with Gasteiger partial charge in [0.1, 0.15) is 5.82 Å². The molecule has 0 bridgehead atoms. The molecule has 1 aliphatic carbocycles. The van der Waals surface area contributed by atoms with Crippen LogP contribution in [0.2, 0.25) is 0 Å². The van der Waals surface area contributed by atoms with Crippen LogP contribution in [0.4, 0.5) is 0 Å². The van der Waals surface area contributed by atoms with Gasteiger partial charge in [-0.2, -0.15) is 5.10 Å². The van der Waals surface area contributed by atoms with Crippen LogP contribution in [0.15, 0.2) is 0 Å². The van der Waals surface area contributed by atoms with E-state index in [0.717, 1.165) is 30.4 Å². The summed E-state index contributed by atoms with van der Waals surface area (Å²) in [6.07, 6.45) is 10.2. The van der Waals surface area contributed by atoms with Gasteiger partial charge >= 0.3 is 0 Å². The standard InChI is InChI=1S/C13H23N3O/c1-17-10-9-13-14-12(15-16-13)8-7-11-5-3-2-4-6-11/h11H,2-10H2,1H3,(H,14,15,16). The van der Waals surface area contributed by atoms with Gasteiger partial charge in [-0.15, -0.1) is 0 Å². The first-order chi connectivity index (χ1) is 8.38. The van der Waals surface area contributed by atoms with Crippen LogP contribution in [0.1, 0.15) is 50.2 Å². The van der Waals surface area contributed by atoms with Gasteiger partial charge in [0.25, 0.3) is 0 Å². The topological polar surface area (TPSA) is 50.8 Å². The lowest BCUT2D eigenvalue weighted by Gasteiger charge is -2.20. The Labute approximate surface area is 103 Å². The van der Waals surface area contributed by atoms with Crippen LogP contribution in [0.3, 0.4) is 0 Å². The molecule has 0 spiro atoms. The number of nitrogens with zero attached hydrogens (tertiary/aromatic N) is 2. The van der Waals surface area contributed by atoms with Crippen LogP contribution in [-0.4, -0.2) is 28.9 Å². The molecule has 1 aliphatic rings. The van der Waals surface area contributed by atoms with E-state index in [-0.39, 0.29) is 0 Å². The summed E-state index contributed by atoms with van der Waals surface area (Å²) < 4.78 is 5.02. The van der Waals surface area contributed by atoms with Gasteiger partial charge < -0.3 is 4.74 Å². The highest BCUT2D eigenvalue weighted by atomic mass is 16.5. The molecule has 1 fully saturated rings. The zero-order valence-corrected chi connectivity index (χ0v) is 10.7. The predicted molar refractivity (Wildman–Crippen MR) is 66.9 cm³/mol. The molecule has 0 saturated heterocycles. The van der Waals surface area contributed by atoms with Crippen molar-refractivity contribution < 1.29 is 4.74 Å². The molecule has 0 aliphatic heterocycles. The largest absolute Gasteiger partial charge is 0.384 e. The van der Waals surface area contributed by atoms with E-state index in [4.69, 9.17) is 4.74 Å². The highest BCUT2D eigenvalue weighted by Gasteiger charge is 2.14. The Morgan fingerprint density at radius 1 is 1.24 bits per heavy atom. The molecule has 1 heterocycles. The molecular formula is C13H23N3O. The molecule has 96 valence electrons. The maximum absolute atomic E-state index is 5.02. The molecule has 1 N–H and O–H groups in total. The average Bonchev–Trinajstić information content (AvgIpc) is 2.83. The molecule has 0 aromatic carbocycles. The minimum Gasteiger partial charge on any atom is -0.384 e. The molecule has 1 aromatic heterocycles. The number of hydrogen-bond acceptors (Lipinski definition) is 3. The van der Waals surface area contributed by atoms with Gasteiger partial charge in [0, 0.05) is 20.0 Å². The van der Waals surface area contributed by atoms with E-state index in [1.807, 2.05) is 0 Å². The van der Waals surface area contributed by atoms with Crippen molar-refractivity contribution in [3.8, 4) is 0 Å². The van der Waals surface area contributed by atoms with Crippen LogP contribution >= 0.6 is 0 Å². The molecule has 4 heteroatoms. The first-order valence-electron chi connectivity index (χ1n) is 6.77. The highest BCUT2D eigenvalue weighted by Crippen LogP contribution is 2.26. The monoisotopic (exact) mass is 237 g/mol. The van der Waals surface area contributed by atoms with Gasteiger partial charge in [-0.25, -0.2) is 4.98 Å². The van der Waals surface area contributed by atoms with E-state index in [0.29, 0.717) is 6.61 Å². The normalized spacial score (nSPS) is 17.5. The molecule has 0 radical (unpaired) electrons. The summed E-state index contributed by atoms with van der Waals surface area (Å²) >= 11 is 0. The van der Waals surface area contributed by atoms with Crippen LogP contribution in [-0.2, 0) is 17.6 Å². The molecule has 4 nitrogen and oxygen atoms in total. The second-order valence-electron chi connectivity index (χ2n) is 4.98. The number of aromatic amines is 1. The van der Waals surface area contributed by atoms with Crippen molar-refractivity contribution in [1.82, 2.24) is 15.2 Å². The second-order valence-corrected chi connectivity index (χ2v) is 4.98. The van der Waals surface area contributed by atoms with E-state index < -0.39 is 0 Å². The van der Waals surface area contributed by atoms with Gasteiger partial charge in [-0.05, 0) is 12.3 Å². The fourth-order valence-electron chi connectivity index (χ4n) is 2.57. The Balaban J connectivity index is 1.72. The SMILES string of the molecule is COCCc1n[nH]c(CCC2CCCCC2)n1. The summed E-state index contributed by atoms with van der Waals surface area (Å²) in [6.45, 7) is 0.694. The third-order valence-corrected chi connectivity index (χ3v) is 3.62. The fourth-order valence-corrected chi connectivity index (χ4v) is 2.57. The van der Waals surface area contributed by atoms with E-state index in [1.54, 1.807) is 7.11 Å². The quantitative estimate of drug-likeness (QED) is 0.827. The summed E-state index contributed by atoms with van der Waals surface area (Å²) in [5, 5.41) is 7.24. The molecule has 1 aromatic rings. The van der Waals surface area contributed by atoms with Crippen LogP contribution in [0.5, 0.6) is 0 Å². The number of methoxy groups -OCH3 is 1. The molecule has 0 amide bonds. The second kappa shape index (κ2) is 6.74. The molecule has 2 rings (SSSR count). The average molecular weight is 237 g/mol. The molecule has 0 atom stereocenters. The van der Waals surface area contributed by atoms with E-state index in [1.165, 1.54) is 38.5 Å². The van der Waals surface area contributed by atoms with E-state index >= 15 is 0 Å². The zero-order chi connectivity index (χ0) is 11.9. The Morgan fingerprint density at radius 2 is 2.06 bits per heavy atom. The third kappa shape index (κ3) is 4.11. The number of H-pyrrole nitrogens is 1. The van der Waals surface area contributed by atoms with Crippen LogP contribution in [0, 0.1) is 5.92 Å². The molecule has 17 heavy (non-hydrogen) atoms. The molecule has 0 unspecified atom stereocenters. The Kier molecular flexibility index (Phi) is 4.98. The maximum Gasteiger partial charge on any atom is 0.152 e. The summed E-state index contributed by atoms with van der Waals surface area (Å²) in [5.74, 6) is 2.84. The van der Waals surface area contributed by atoms with Crippen molar-refractivity contribution >= 4 is 0 Å². The Hall–Kier alpha value is -0.900. The first-order valence-corrected chi connectivity index (χ1v) is 6.77. The van der Waals surface area contributed by atoms with Crippen molar-refractivity contribution in [2.24, 2.45) is 5.92 Å². The minimum absolute atomic E-state index is 0.694. The summed E-state index contributed by atoms with van der Waals surface area (Å²) in [4.78, 5) is 4.49. The number of nitrogens with one attached hydrogen (secondary N) is 1.